The number of hydrogen-bond acceptors (Lipinski definition) is 4. The summed E-state index contributed by atoms with van der Waals surface area (Å²) in [5.74, 6) is 0.429. The quantitative estimate of drug-likeness (QED) is 0.315. The second kappa shape index (κ2) is 13.0. The fourth-order valence-electron chi connectivity index (χ4n) is 5.42. The first-order chi connectivity index (χ1) is 20.0. The molecule has 1 N–H and O–H groups in total. The zero-order chi connectivity index (χ0) is 28.7. The average molecular weight is 571 g/mol. The standard InChI is InChI=1S/C33H35N3O4S/c1-2-40-30-20-18-29(19-21-30)36(41(38,39)31-16-10-5-11-17-31)26-32(37)34-22-24-35(25-23-34)33(27-12-6-3-7-13-27)28-14-8-4-9-15-28/h3-21,33H,2,22-26H2,1H3/p+1. The number of rotatable bonds is 10. The fraction of sp³-hybridized carbons (Fsp3) is 0.242. The first-order valence-electron chi connectivity index (χ1n) is 14.0. The second-order valence-corrected chi connectivity index (χ2v) is 11.9. The average Bonchev–Trinajstić information content (AvgIpc) is 3.02. The first kappa shape index (κ1) is 28.4. The van der Waals surface area contributed by atoms with E-state index >= 15 is 0 Å². The number of amides is 1. The molecule has 0 spiro atoms. The fourth-order valence-corrected chi connectivity index (χ4v) is 6.85. The van der Waals surface area contributed by atoms with Crippen molar-refractivity contribution in [2.45, 2.75) is 17.9 Å². The molecule has 7 nitrogen and oxygen atoms in total. The topological polar surface area (TPSA) is 71.4 Å². The summed E-state index contributed by atoms with van der Waals surface area (Å²) in [5, 5.41) is 0. The minimum absolute atomic E-state index is 0.143. The number of piperazine rings is 1. The Morgan fingerprint density at radius 3 is 1.83 bits per heavy atom. The number of benzene rings is 4. The highest BCUT2D eigenvalue weighted by atomic mass is 32.2. The van der Waals surface area contributed by atoms with E-state index in [1.807, 2.05) is 19.1 Å². The molecule has 8 heteroatoms. The van der Waals surface area contributed by atoms with E-state index in [9.17, 15) is 13.2 Å². The zero-order valence-electron chi connectivity index (χ0n) is 23.2. The molecule has 1 aliphatic heterocycles. The van der Waals surface area contributed by atoms with E-state index in [1.165, 1.54) is 20.3 Å². The third-order valence-corrected chi connectivity index (χ3v) is 9.27. The number of hydrogen-bond donors (Lipinski definition) is 1. The van der Waals surface area contributed by atoms with Crippen LogP contribution in [0.25, 0.3) is 0 Å². The summed E-state index contributed by atoms with van der Waals surface area (Å²) in [4.78, 5) is 16.9. The number of nitrogens with one attached hydrogen (secondary N) is 1. The van der Waals surface area contributed by atoms with Gasteiger partial charge in [0.1, 0.15) is 18.3 Å². The number of carbonyl (C=O) groups is 1. The van der Waals surface area contributed by atoms with Crippen molar-refractivity contribution in [1.82, 2.24) is 4.90 Å². The van der Waals surface area contributed by atoms with Crippen LogP contribution in [0.2, 0.25) is 0 Å². The lowest BCUT2D eigenvalue weighted by Gasteiger charge is -2.37. The monoisotopic (exact) mass is 570 g/mol. The van der Waals surface area contributed by atoms with Crippen molar-refractivity contribution < 1.29 is 22.8 Å². The van der Waals surface area contributed by atoms with Gasteiger partial charge in [0.05, 0.1) is 43.4 Å². The van der Waals surface area contributed by atoms with Gasteiger partial charge in [-0.15, -0.1) is 0 Å². The van der Waals surface area contributed by atoms with Gasteiger partial charge in [-0.2, -0.15) is 0 Å². The number of sulfonamides is 1. The van der Waals surface area contributed by atoms with Crippen LogP contribution in [0.4, 0.5) is 5.69 Å². The Hall–Kier alpha value is -4.14. The van der Waals surface area contributed by atoms with E-state index in [-0.39, 0.29) is 23.4 Å². The molecule has 0 saturated carbocycles. The van der Waals surface area contributed by atoms with Crippen LogP contribution in [0.5, 0.6) is 5.75 Å². The molecule has 0 bridgehead atoms. The molecule has 1 amide bonds. The molecule has 212 valence electrons. The van der Waals surface area contributed by atoms with Gasteiger partial charge in [0, 0.05) is 11.1 Å². The van der Waals surface area contributed by atoms with Gasteiger partial charge in [-0.1, -0.05) is 78.9 Å². The normalized spacial score (nSPS) is 14.1. The van der Waals surface area contributed by atoms with Crippen LogP contribution in [0.3, 0.4) is 0 Å². The Kier molecular flexibility index (Phi) is 9.01. The summed E-state index contributed by atoms with van der Waals surface area (Å²) in [6.07, 6.45) is 0. The van der Waals surface area contributed by atoms with Gasteiger partial charge in [-0.25, -0.2) is 8.42 Å². The Balaban J connectivity index is 1.34. The number of nitrogens with zero attached hydrogens (tertiary/aromatic N) is 2. The van der Waals surface area contributed by atoms with Crippen LogP contribution in [-0.4, -0.2) is 58.6 Å². The number of ether oxygens (including phenoxy) is 1. The van der Waals surface area contributed by atoms with E-state index in [4.69, 9.17) is 4.74 Å². The molecule has 4 aromatic carbocycles. The molecule has 0 unspecified atom stereocenters. The summed E-state index contributed by atoms with van der Waals surface area (Å²) in [7, 11) is -3.97. The third-order valence-electron chi connectivity index (χ3n) is 7.48. The van der Waals surface area contributed by atoms with Crippen molar-refractivity contribution in [3.63, 3.8) is 0 Å². The Morgan fingerprint density at radius 1 is 0.805 bits per heavy atom. The highest BCUT2D eigenvalue weighted by Gasteiger charge is 2.34. The van der Waals surface area contributed by atoms with E-state index in [0.717, 1.165) is 13.1 Å². The Bertz CT molecular complexity index is 1470. The molecule has 4 aromatic rings. The molecule has 1 saturated heterocycles. The molecule has 5 rings (SSSR count). The minimum atomic E-state index is -3.97. The van der Waals surface area contributed by atoms with Gasteiger partial charge in [-0.3, -0.25) is 9.10 Å². The van der Waals surface area contributed by atoms with E-state index in [1.54, 1.807) is 59.5 Å². The number of quaternary nitrogens is 1. The highest BCUT2D eigenvalue weighted by molar-refractivity contribution is 7.92. The summed E-state index contributed by atoms with van der Waals surface area (Å²) < 4.78 is 34.2. The molecule has 1 heterocycles. The van der Waals surface area contributed by atoms with E-state index in [2.05, 4.69) is 48.5 Å². The van der Waals surface area contributed by atoms with Gasteiger partial charge in [0.2, 0.25) is 5.91 Å². The molecule has 41 heavy (non-hydrogen) atoms. The van der Waals surface area contributed by atoms with Crippen molar-refractivity contribution in [3.05, 3.63) is 126 Å². The third kappa shape index (κ3) is 6.61. The minimum Gasteiger partial charge on any atom is -0.494 e. The van der Waals surface area contributed by atoms with Crippen molar-refractivity contribution >= 4 is 21.6 Å². The van der Waals surface area contributed by atoms with Crippen LogP contribution in [0.15, 0.2) is 120 Å². The summed E-state index contributed by atoms with van der Waals surface area (Å²) >= 11 is 0. The summed E-state index contributed by atoms with van der Waals surface area (Å²) in [6.45, 7) is 4.74. The maximum atomic E-state index is 13.7. The first-order valence-corrected chi connectivity index (χ1v) is 15.4. The molecule has 1 aliphatic rings. The van der Waals surface area contributed by atoms with Crippen LogP contribution in [-0.2, 0) is 14.8 Å². The van der Waals surface area contributed by atoms with Crippen molar-refractivity contribution in [3.8, 4) is 5.75 Å². The lowest BCUT2D eigenvalue weighted by atomic mass is 9.96. The molecular weight excluding hydrogens is 534 g/mol. The van der Waals surface area contributed by atoms with Crippen LogP contribution >= 0.6 is 0 Å². The number of anilines is 1. The van der Waals surface area contributed by atoms with E-state index < -0.39 is 10.0 Å². The molecule has 1 fully saturated rings. The lowest BCUT2D eigenvalue weighted by molar-refractivity contribution is -0.929. The SMILES string of the molecule is CCOc1ccc(N(CC(=O)N2CC[NH+](C(c3ccccc3)c3ccccc3)CC2)S(=O)(=O)c2ccccc2)cc1. The maximum absolute atomic E-state index is 13.7. The summed E-state index contributed by atoms with van der Waals surface area (Å²) in [5.41, 5.74) is 2.90. The van der Waals surface area contributed by atoms with Crippen LogP contribution in [0, 0.1) is 0 Å². The van der Waals surface area contributed by atoms with Crippen molar-refractivity contribution in [2.75, 3.05) is 43.6 Å². The van der Waals surface area contributed by atoms with Crippen molar-refractivity contribution in [1.29, 1.82) is 0 Å². The Labute approximate surface area is 242 Å². The molecular formula is C33H36N3O4S+. The van der Waals surface area contributed by atoms with Crippen molar-refractivity contribution in [2.24, 2.45) is 0 Å². The molecule has 0 aliphatic carbocycles. The van der Waals surface area contributed by atoms with Gasteiger partial charge >= 0.3 is 0 Å². The lowest BCUT2D eigenvalue weighted by Crippen LogP contribution is -3.15. The Morgan fingerprint density at radius 2 is 1.32 bits per heavy atom. The smallest absolute Gasteiger partial charge is 0.264 e. The predicted molar refractivity (Wildman–Crippen MR) is 161 cm³/mol. The summed E-state index contributed by atoms with van der Waals surface area (Å²) in [6, 6.07) is 36.2. The molecule has 0 radical (unpaired) electrons. The van der Waals surface area contributed by atoms with Gasteiger partial charge in [-0.05, 0) is 43.3 Å². The largest absolute Gasteiger partial charge is 0.494 e. The predicted octanol–water partition coefficient (Wildman–Crippen LogP) is 3.80. The van der Waals surface area contributed by atoms with Crippen LogP contribution < -0.4 is 13.9 Å². The van der Waals surface area contributed by atoms with Gasteiger partial charge < -0.3 is 14.5 Å². The zero-order valence-corrected chi connectivity index (χ0v) is 24.0. The van der Waals surface area contributed by atoms with Crippen LogP contribution in [0.1, 0.15) is 24.1 Å². The molecule has 0 aromatic heterocycles. The number of carbonyl (C=O) groups excluding carboxylic acids is 1. The molecule has 0 atom stereocenters. The maximum Gasteiger partial charge on any atom is 0.264 e. The van der Waals surface area contributed by atoms with Gasteiger partial charge in [0.15, 0.2) is 0 Å². The van der Waals surface area contributed by atoms with Gasteiger partial charge in [0.25, 0.3) is 10.0 Å². The second-order valence-electron chi connectivity index (χ2n) is 10.0. The highest BCUT2D eigenvalue weighted by Crippen LogP contribution is 2.26. The van der Waals surface area contributed by atoms with E-state index in [0.29, 0.717) is 31.1 Å².